The molecule has 3 nitrogen and oxygen atoms in total. The summed E-state index contributed by atoms with van der Waals surface area (Å²) < 4.78 is 18.3. The van der Waals surface area contributed by atoms with E-state index in [-0.39, 0.29) is 5.56 Å². The number of hydrogen-bond acceptors (Lipinski definition) is 2. The Kier molecular flexibility index (Phi) is 3.80. The fourth-order valence-corrected chi connectivity index (χ4v) is 1.78. The lowest BCUT2D eigenvalue weighted by Crippen LogP contribution is -2.13. The highest BCUT2D eigenvalue weighted by Crippen LogP contribution is 2.21. The summed E-state index contributed by atoms with van der Waals surface area (Å²) in [4.78, 5) is 12.1. The minimum atomic E-state index is -0.477. The molecule has 0 atom stereocenters. The van der Waals surface area contributed by atoms with Crippen LogP contribution < -0.4 is 10.1 Å². The Hall–Kier alpha value is -2.36. The molecule has 0 aliphatic rings. The van der Waals surface area contributed by atoms with Crippen LogP contribution in [0.3, 0.4) is 0 Å². The SMILES string of the molecule is COc1ccc(F)cc1C(=O)Nc1cccc(C)c1. The second kappa shape index (κ2) is 5.52. The Morgan fingerprint density at radius 1 is 1.21 bits per heavy atom. The smallest absolute Gasteiger partial charge is 0.259 e. The van der Waals surface area contributed by atoms with Gasteiger partial charge in [0.2, 0.25) is 0 Å². The van der Waals surface area contributed by atoms with Gasteiger partial charge < -0.3 is 10.1 Å². The van der Waals surface area contributed by atoms with Crippen LogP contribution in [-0.2, 0) is 0 Å². The third-order valence-electron chi connectivity index (χ3n) is 2.68. The number of anilines is 1. The van der Waals surface area contributed by atoms with Crippen molar-refractivity contribution in [3.05, 3.63) is 59.4 Å². The monoisotopic (exact) mass is 259 g/mol. The van der Waals surface area contributed by atoms with Crippen LogP contribution in [0.4, 0.5) is 10.1 Å². The Labute approximate surface area is 111 Å². The van der Waals surface area contributed by atoms with Crippen molar-refractivity contribution >= 4 is 11.6 Å². The van der Waals surface area contributed by atoms with E-state index in [1.54, 1.807) is 6.07 Å². The van der Waals surface area contributed by atoms with Gasteiger partial charge in [-0.1, -0.05) is 12.1 Å². The Morgan fingerprint density at radius 2 is 2.00 bits per heavy atom. The number of ether oxygens (including phenoxy) is 1. The molecule has 4 heteroatoms. The number of halogens is 1. The van der Waals surface area contributed by atoms with Crippen molar-refractivity contribution in [3.8, 4) is 5.75 Å². The van der Waals surface area contributed by atoms with Crippen LogP contribution >= 0.6 is 0 Å². The molecule has 19 heavy (non-hydrogen) atoms. The summed E-state index contributed by atoms with van der Waals surface area (Å²) in [5, 5.41) is 2.72. The minimum Gasteiger partial charge on any atom is -0.496 e. The largest absolute Gasteiger partial charge is 0.496 e. The molecule has 2 aromatic rings. The first-order valence-corrected chi connectivity index (χ1v) is 5.81. The van der Waals surface area contributed by atoms with Crippen LogP contribution in [0.1, 0.15) is 15.9 Å². The number of methoxy groups -OCH3 is 1. The normalized spacial score (nSPS) is 10.1. The van der Waals surface area contributed by atoms with Crippen molar-refractivity contribution in [2.24, 2.45) is 0 Å². The molecule has 0 aromatic heterocycles. The highest BCUT2D eigenvalue weighted by molar-refractivity contribution is 6.06. The molecule has 0 saturated heterocycles. The van der Waals surface area contributed by atoms with Crippen molar-refractivity contribution in [3.63, 3.8) is 0 Å². The number of hydrogen-bond donors (Lipinski definition) is 1. The molecule has 0 bridgehead atoms. The first-order valence-electron chi connectivity index (χ1n) is 5.81. The van der Waals surface area contributed by atoms with Crippen LogP contribution in [0.5, 0.6) is 5.75 Å². The quantitative estimate of drug-likeness (QED) is 0.917. The molecular formula is C15H14FNO2. The number of rotatable bonds is 3. The van der Waals surface area contributed by atoms with Crippen molar-refractivity contribution < 1.29 is 13.9 Å². The zero-order chi connectivity index (χ0) is 13.8. The summed E-state index contributed by atoms with van der Waals surface area (Å²) in [6, 6.07) is 11.2. The number of nitrogens with one attached hydrogen (secondary N) is 1. The first kappa shape index (κ1) is 13.1. The molecule has 0 spiro atoms. The van der Waals surface area contributed by atoms with Gasteiger partial charge in [0.25, 0.3) is 5.91 Å². The van der Waals surface area contributed by atoms with E-state index in [1.807, 2.05) is 25.1 Å². The zero-order valence-corrected chi connectivity index (χ0v) is 10.7. The summed E-state index contributed by atoms with van der Waals surface area (Å²) in [6.45, 7) is 1.93. The number of carbonyl (C=O) groups is 1. The van der Waals surface area contributed by atoms with Gasteiger partial charge in [0.15, 0.2) is 0 Å². The van der Waals surface area contributed by atoms with Crippen molar-refractivity contribution in [2.45, 2.75) is 6.92 Å². The van der Waals surface area contributed by atoms with Gasteiger partial charge in [-0.15, -0.1) is 0 Å². The maximum absolute atomic E-state index is 13.2. The van der Waals surface area contributed by atoms with Gasteiger partial charge in [-0.25, -0.2) is 4.39 Å². The molecule has 0 unspecified atom stereocenters. The molecule has 0 aliphatic heterocycles. The third-order valence-corrected chi connectivity index (χ3v) is 2.68. The Bertz CT molecular complexity index is 611. The topological polar surface area (TPSA) is 38.3 Å². The predicted octanol–water partition coefficient (Wildman–Crippen LogP) is 3.40. The fraction of sp³-hybridized carbons (Fsp3) is 0.133. The number of carbonyl (C=O) groups excluding carboxylic acids is 1. The van der Waals surface area contributed by atoms with Gasteiger partial charge in [0.1, 0.15) is 11.6 Å². The average Bonchev–Trinajstić information content (AvgIpc) is 2.38. The molecule has 2 rings (SSSR count). The number of amides is 1. The van der Waals surface area contributed by atoms with Crippen molar-refractivity contribution in [2.75, 3.05) is 12.4 Å². The van der Waals surface area contributed by atoms with E-state index >= 15 is 0 Å². The lowest BCUT2D eigenvalue weighted by molar-refractivity contribution is 0.102. The van der Waals surface area contributed by atoms with Crippen LogP contribution in [0.2, 0.25) is 0 Å². The Morgan fingerprint density at radius 3 is 2.68 bits per heavy atom. The summed E-state index contributed by atoms with van der Waals surface area (Å²) in [6.07, 6.45) is 0. The van der Waals surface area contributed by atoms with Crippen LogP contribution in [0.15, 0.2) is 42.5 Å². The molecule has 0 fully saturated rings. The maximum atomic E-state index is 13.2. The second-order valence-corrected chi connectivity index (χ2v) is 4.17. The predicted molar refractivity (Wildman–Crippen MR) is 72.1 cm³/mol. The first-order chi connectivity index (χ1) is 9.10. The fourth-order valence-electron chi connectivity index (χ4n) is 1.78. The van der Waals surface area contributed by atoms with Gasteiger partial charge in [-0.3, -0.25) is 4.79 Å². The second-order valence-electron chi connectivity index (χ2n) is 4.17. The summed E-state index contributed by atoms with van der Waals surface area (Å²) in [5.74, 6) is -0.538. The van der Waals surface area contributed by atoms with Gasteiger partial charge in [0, 0.05) is 5.69 Å². The molecule has 2 aromatic carbocycles. The van der Waals surface area contributed by atoms with E-state index in [0.29, 0.717) is 11.4 Å². The van der Waals surface area contributed by atoms with Crippen molar-refractivity contribution in [1.29, 1.82) is 0 Å². The number of aryl methyl sites for hydroxylation is 1. The molecule has 1 amide bonds. The van der Waals surface area contributed by atoms with Gasteiger partial charge in [-0.2, -0.15) is 0 Å². The Balaban J connectivity index is 2.27. The highest BCUT2D eigenvalue weighted by atomic mass is 19.1. The molecule has 1 N–H and O–H groups in total. The van der Waals surface area contributed by atoms with E-state index < -0.39 is 11.7 Å². The standard InChI is InChI=1S/C15H14FNO2/c1-10-4-3-5-12(8-10)17-15(18)13-9-11(16)6-7-14(13)19-2/h3-9H,1-2H3,(H,17,18). The van der Waals surface area contributed by atoms with E-state index in [9.17, 15) is 9.18 Å². The van der Waals surface area contributed by atoms with E-state index in [0.717, 1.165) is 11.6 Å². The lowest BCUT2D eigenvalue weighted by Gasteiger charge is -2.09. The highest BCUT2D eigenvalue weighted by Gasteiger charge is 2.13. The molecule has 0 radical (unpaired) electrons. The van der Waals surface area contributed by atoms with Gasteiger partial charge in [0.05, 0.1) is 12.7 Å². The summed E-state index contributed by atoms with van der Waals surface area (Å²) in [7, 11) is 1.44. The van der Waals surface area contributed by atoms with Gasteiger partial charge in [-0.05, 0) is 42.8 Å². The maximum Gasteiger partial charge on any atom is 0.259 e. The van der Waals surface area contributed by atoms with Crippen LogP contribution in [-0.4, -0.2) is 13.0 Å². The molecule has 0 saturated carbocycles. The molecule has 0 aliphatic carbocycles. The molecular weight excluding hydrogens is 245 g/mol. The molecule has 98 valence electrons. The van der Waals surface area contributed by atoms with E-state index in [2.05, 4.69) is 5.32 Å². The van der Waals surface area contributed by atoms with Crippen LogP contribution in [0.25, 0.3) is 0 Å². The number of benzene rings is 2. The van der Waals surface area contributed by atoms with E-state index in [4.69, 9.17) is 4.74 Å². The van der Waals surface area contributed by atoms with E-state index in [1.165, 1.54) is 19.2 Å². The van der Waals surface area contributed by atoms with Crippen molar-refractivity contribution in [1.82, 2.24) is 0 Å². The summed E-state index contributed by atoms with van der Waals surface area (Å²) >= 11 is 0. The minimum absolute atomic E-state index is 0.170. The zero-order valence-electron chi connectivity index (χ0n) is 10.7. The third kappa shape index (κ3) is 3.10. The molecule has 0 heterocycles. The summed E-state index contributed by atoms with van der Waals surface area (Å²) in [5.41, 5.74) is 1.87. The lowest BCUT2D eigenvalue weighted by atomic mass is 10.1. The van der Waals surface area contributed by atoms with Gasteiger partial charge >= 0.3 is 0 Å². The van der Waals surface area contributed by atoms with Crippen LogP contribution in [0, 0.1) is 12.7 Å². The average molecular weight is 259 g/mol.